The minimum atomic E-state index is -0.0890. The maximum atomic E-state index is 5.33. The molecule has 0 fully saturated rings. The highest BCUT2D eigenvalue weighted by atomic mass is 16.5. The summed E-state index contributed by atoms with van der Waals surface area (Å²) in [6, 6.07) is 5.87. The third-order valence-electron chi connectivity index (χ3n) is 2.66. The second kappa shape index (κ2) is 5.95. The number of hydrogen-bond acceptors (Lipinski definition) is 6. The first kappa shape index (κ1) is 15.0. The zero-order chi connectivity index (χ0) is 15.5. The molecule has 0 atom stereocenters. The van der Waals surface area contributed by atoms with E-state index < -0.39 is 0 Å². The predicted molar refractivity (Wildman–Crippen MR) is 84.2 cm³/mol. The van der Waals surface area contributed by atoms with Crippen LogP contribution in [0.15, 0.2) is 24.4 Å². The van der Waals surface area contributed by atoms with Crippen molar-refractivity contribution in [1.29, 1.82) is 0 Å². The Morgan fingerprint density at radius 2 is 1.95 bits per heavy atom. The van der Waals surface area contributed by atoms with E-state index in [-0.39, 0.29) is 5.54 Å². The topological polar surface area (TPSA) is 72.0 Å². The zero-order valence-corrected chi connectivity index (χ0v) is 13.1. The molecule has 0 amide bonds. The van der Waals surface area contributed by atoms with Crippen molar-refractivity contribution in [3.8, 4) is 5.75 Å². The number of rotatable bonds is 4. The van der Waals surface area contributed by atoms with E-state index >= 15 is 0 Å². The number of hydrogen-bond donors (Lipinski definition) is 2. The van der Waals surface area contributed by atoms with Crippen molar-refractivity contribution in [2.24, 2.45) is 0 Å². The fourth-order valence-corrected chi connectivity index (χ4v) is 1.84. The monoisotopic (exact) mass is 287 g/mol. The quantitative estimate of drug-likeness (QED) is 0.900. The number of aromatic nitrogens is 3. The minimum absolute atomic E-state index is 0.0890. The number of nitrogens with one attached hydrogen (secondary N) is 2. The van der Waals surface area contributed by atoms with Gasteiger partial charge in [-0.2, -0.15) is 10.1 Å². The Labute approximate surface area is 125 Å². The van der Waals surface area contributed by atoms with Gasteiger partial charge in [-0.05, 0) is 45.4 Å². The Morgan fingerprint density at radius 1 is 1.19 bits per heavy atom. The van der Waals surface area contributed by atoms with E-state index in [2.05, 4.69) is 46.6 Å². The summed E-state index contributed by atoms with van der Waals surface area (Å²) in [5.41, 5.74) is 1.84. The van der Waals surface area contributed by atoms with Gasteiger partial charge in [0.2, 0.25) is 5.95 Å². The van der Waals surface area contributed by atoms with Crippen LogP contribution >= 0.6 is 0 Å². The van der Waals surface area contributed by atoms with E-state index in [1.54, 1.807) is 13.3 Å². The molecule has 0 spiro atoms. The molecule has 2 aromatic rings. The largest absolute Gasteiger partial charge is 0.495 e. The van der Waals surface area contributed by atoms with E-state index in [1.165, 1.54) is 0 Å². The van der Waals surface area contributed by atoms with Crippen molar-refractivity contribution >= 4 is 17.5 Å². The molecule has 1 heterocycles. The smallest absolute Gasteiger partial charge is 0.249 e. The molecule has 0 bridgehead atoms. The summed E-state index contributed by atoms with van der Waals surface area (Å²) in [6.45, 7) is 8.20. The second-order valence-corrected chi connectivity index (χ2v) is 5.87. The lowest BCUT2D eigenvalue weighted by Gasteiger charge is -2.21. The van der Waals surface area contributed by atoms with Gasteiger partial charge in [0.05, 0.1) is 19.0 Å². The summed E-state index contributed by atoms with van der Waals surface area (Å²) in [6.07, 6.45) is 1.60. The molecule has 0 saturated carbocycles. The summed E-state index contributed by atoms with van der Waals surface area (Å²) in [5, 5.41) is 14.4. The molecule has 1 aromatic heterocycles. The molecule has 0 aliphatic heterocycles. The van der Waals surface area contributed by atoms with Crippen LogP contribution in [0.5, 0.6) is 5.75 Å². The zero-order valence-electron chi connectivity index (χ0n) is 13.1. The van der Waals surface area contributed by atoms with E-state index in [1.807, 2.05) is 25.1 Å². The molecule has 0 aliphatic carbocycles. The first-order valence-electron chi connectivity index (χ1n) is 6.77. The predicted octanol–water partition coefficient (Wildman–Crippen LogP) is 3.14. The third kappa shape index (κ3) is 4.30. The molecular weight excluding hydrogens is 266 g/mol. The van der Waals surface area contributed by atoms with Crippen molar-refractivity contribution in [1.82, 2.24) is 15.2 Å². The van der Waals surface area contributed by atoms with Gasteiger partial charge in [0.15, 0.2) is 5.82 Å². The van der Waals surface area contributed by atoms with Crippen LogP contribution in [0.25, 0.3) is 0 Å². The van der Waals surface area contributed by atoms with Crippen LogP contribution in [0, 0.1) is 6.92 Å². The maximum absolute atomic E-state index is 5.33. The van der Waals surface area contributed by atoms with Gasteiger partial charge < -0.3 is 15.4 Å². The molecule has 6 nitrogen and oxygen atoms in total. The van der Waals surface area contributed by atoms with Crippen molar-refractivity contribution in [3.63, 3.8) is 0 Å². The van der Waals surface area contributed by atoms with Gasteiger partial charge in [0.1, 0.15) is 5.75 Å². The molecule has 2 rings (SSSR count). The van der Waals surface area contributed by atoms with Gasteiger partial charge in [0, 0.05) is 5.54 Å². The molecular formula is C15H21N5O. The molecule has 2 N–H and O–H groups in total. The SMILES string of the molecule is COc1ccc(C)cc1Nc1nncc(NC(C)(C)C)n1. The lowest BCUT2D eigenvalue weighted by Crippen LogP contribution is -2.27. The normalized spacial score (nSPS) is 11.1. The van der Waals surface area contributed by atoms with Crippen molar-refractivity contribution < 1.29 is 4.74 Å². The Bertz CT molecular complexity index is 622. The van der Waals surface area contributed by atoms with E-state index in [0.29, 0.717) is 11.8 Å². The number of benzene rings is 1. The number of methoxy groups -OCH3 is 1. The average Bonchev–Trinajstić information content (AvgIpc) is 2.37. The molecule has 0 saturated heterocycles. The van der Waals surface area contributed by atoms with Gasteiger partial charge in [-0.15, -0.1) is 5.10 Å². The van der Waals surface area contributed by atoms with Gasteiger partial charge in [0.25, 0.3) is 0 Å². The second-order valence-electron chi connectivity index (χ2n) is 5.87. The van der Waals surface area contributed by atoms with Crippen molar-refractivity contribution in [2.75, 3.05) is 17.7 Å². The van der Waals surface area contributed by atoms with Crippen LogP contribution in [0.4, 0.5) is 17.5 Å². The molecule has 0 aliphatic rings. The first-order valence-corrected chi connectivity index (χ1v) is 6.77. The van der Waals surface area contributed by atoms with Crippen LogP contribution in [0.1, 0.15) is 26.3 Å². The summed E-state index contributed by atoms with van der Waals surface area (Å²) in [4.78, 5) is 4.41. The Morgan fingerprint density at radius 3 is 2.62 bits per heavy atom. The fourth-order valence-electron chi connectivity index (χ4n) is 1.84. The summed E-state index contributed by atoms with van der Waals surface area (Å²) in [7, 11) is 1.63. The maximum Gasteiger partial charge on any atom is 0.249 e. The van der Waals surface area contributed by atoms with Crippen LogP contribution in [0.3, 0.4) is 0 Å². The van der Waals surface area contributed by atoms with Gasteiger partial charge in [-0.3, -0.25) is 0 Å². The van der Waals surface area contributed by atoms with Crippen LogP contribution in [-0.4, -0.2) is 27.8 Å². The number of aryl methyl sites for hydroxylation is 1. The van der Waals surface area contributed by atoms with Crippen molar-refractivity contribution in [3.05, 3.63) is 30.0 Å². The number of anilines is 3. The van der Waals surface area contributed by atoms with E-state index in [9.17, 15) is 0 Å². The molecule has 0 unspecified atom stereocenters. The fraction of sp³-hybridized carbons (Fsp3) is 0.400. The standard InChI is InChI=1S/C15H21N5O/c1-10-6-7-12(21-5)11(8-10)17-14-18-13(9-16-20-14)19-15(2,3)4/h6-9H,1-5H3,(H2,17,18,19,20). The lowest BCUT2D eigenvalue weighted by molar-refractivity contribution is 0.416. The number of ether oxygens (including phenoxy) is 1. The van der Waals surface area contributed by atoms with E-state index in [4.69, 9.17) is 4.74 Å². The van der Waals surface area contributed by atoms with Gasteiger partial charge in [-0.25, -0.2) is 0 Å². The molecule has 0 radical (unpaired) electrons. The third-order valence-corrected chi connectivity index (χ3v) is 2.66. The van der Waals surface area contributed by atoms with Crippen molar-refractivity contribution in [2.45, 2.75) is 33.2 Å². The molecule has 6 heteroatoms. The Hall–Kier alpha value is -2.37. The van der Waals surface area contributed by atoms with Crippen LogP contribution < -0.4 is 15.4 Å². The van der Waals surface area contributed by atoms with Gasteiger partial charge in [-0.1, -0.05) is 6.07 Å². The minimum Gasteiger partial charge on any atom is -0.495 e. The highest BCUT2D eigenvalue weighted by Crippen LogP contribution is 2.27. The summed E-state index contributed by atoms with van der Waals surface area (Å²) < 4.78 is 5.33. The van der Waals surface area contributed by atoms with Crippen LogP contribution in [0.2, 0.25) is 0 Å². The highest BCUT2D eigenvalue weighted by Gasteiger charge is 2.12. The molecule has 1 aromatic carbocycles. The summed E-state index contributed by atoms with van der Waals surface area (Å²) >= 11 is 0. The Kier molecular flexibility index (Phi) is 4.26. The molecule has 21 heavy (non-hydrogen) atoms. The summed E-state index contributed by atoms with van der Waals surface area (Å²) in [5.74, 6) is 1.83. The van der Waals surface area contributed by atoms with Crippen LogP contribution in [-0.2, 0) is 0 Å². The first-order chi connectivity index (χ1) is 9.87. The Balaban J connectivity index is 2.24. The average molecular weight is 287 g/mol. The van der Waals surface area contributed by atoms with Gasteiger partial charge >= 0.3 is 0 Å². The number of nitrogens with zero attached hydrogens (tertiary/aromatic N) is 3. The highest BCUT2D eigenvalue weighted by molar-refractivity contribution is 5.63. The lowest BCUT2D eigenvalue weighted by atomic mass is 10.1. The molecule has 112 valence electrons. The van der Waals surface area contributed by atoms with E-state index in [0.717, 1.165) is 17.0 Å².